The minimum atomic E-state index is -0.250. The molecule has 0 aromatic heterocycles. The maximum atomic E-state index is 12.5. The van der Waals surface area contributed by atoms with E-state index in [1.54, 1.807) is 18.2 Å². The normalized spacial score (nSPS) is 20.9. The van der Waals surface area contributed by atoms with E-state index in [9.17, 15) is 4.79 Å². The van der Waals surface area contributed by atoms with E-state index in [1.807, 2.05) is 36.4 Å². The topological polar surface area (TPSA) is 66.0 Å². The lowest BCUT2D eigenvalue weighted by Crippen LogP contribution is -2.31. The fourth-order valence-electron chi connectivity index (χ4n) is 5.07. The molecule has 3 aromatic carbocycles. The molecular formula is C30H32ClNO5. The summed E-state index contributed by atoms with van der Waals surface area (Å²) in [5, 5.41) is 3.61. The summed E-state index contributed by atoms with van der Waals surface area (Å²) in [7, 11) is 0. The van der Waals surface area contributed by atoms with Gasteiger partial charge in [0, 0.05) is 22.7 Å². The second kappa shape index (κ2) is 11.4. The van der Waals surface area contributed by atoms with Gasteiger partial charge in [0.15, 0.2) is 18.1 Å². The first-order chi connectivity index (χ1) is 18.0. The Bertz CT molecular complexity index is 1250. The highest BCUT2D eigenvalue weighted by Gasteiger charge is 2.35. The second-order valence-corrected chi connectivity index (χ2v) is 10.4. The molecule has 6 nitrogen and oxygen atoms in total. The Morgan fingerprint density at radius 1 is 1.00 bits per heavy atom. The van der Waals surface area contributed by atoms with Crippen molar-refractivity contribution in [3.63, 3.8) is 0 Å². The van der Waals surface area contributed by atoms with Crippen LogP contribution in [0.5, 0.6) is 17.2 Å². The predicted octanol–water partition coefficient (Wildman–Crippen LogP) is 6.65. The molecule has 194 valence electrons. The van der Waals surface area contributed by atoms with Crippen molar-refractivity contribution in [2.45, 2.75) is 32.3 Å². The number of anilines is 1. The van der Waals surface area contributed by atoms with Crippen LogP contribution in [0.25, 0.3) is 0 Å². The second-order valence-electron chi connectivity index (χ2n) is 9.92. The molecule has 2 aliphatic rings. The van der Waals surface area contributed by atoms with Gasteiger partial charge in [-0.2, -0.15) is 0 Å². The molecule has 1 saturated heterocycles. The minimum Gasteiger partial charge on any atom is -0.486 e. The van der Waals surface area contributed by atoms with Crippen molar-refractivity contribution in [2.24, 2.45) is 11.8 Å². The predicted molar refractivity (Wildman–Crippen MR) is 144 cm³/mol. The van der Waals surface area contributed by atoms with Crippen LogP contribution >= 0.6 is 11.6 Å². The molecule has 0 saturated carbocycles. The number of carbonyl (C=O) groups is 1. The Hall–Kier alpha value is -3.22. The molecule has 5 rings (SSSR count). The van der Waals surface area contributed by atoms with Gasteiger partial charge < -0.3 is 24.3 Å². The highest BCUT2D eigenvalue weighted by atomic mass is 35.5. The minimum absolute atomic E-state index is 0.0366. The first kappa shape index (κ1) is 25.4. The molecule has 3 atom stereocenters. The van der Waals surface area contributed by atoms with E-state index < -0.39 is 0 Å². The molecule has 1 N–H and O–H groups in total. The fourth-order valence-corrected chi connectivity index (χ4v) is 5.27. The molecule has 1 amide bonds. The third-order valence-corrected chi connectivity index (χ3v) is 7.22. The molecule has 1 fully saturated rings. The van der Waals surface area contributed by atoms with E-state index in [2.05, 4.69) is 31.3 Å². The van der Waals surface area contributed by atoms with Crippen LogP contribution in [0.15, 0.2) is 66.7 Å². The Morgan fingerprint density at radius 2 is 1.78 bits per heavy atom. The van der Waals surface area contributed by atoms with Crippen molar-refractivity contribution >= 4 is 23.2 Å². The van der Waals surface area contributed by atoms with E-state index in [1.165, 1.54) is 5.56 Å². The zero-order valence-electron chi connectivity index (χ0n) is 21.1. The van der Waals surface area contributed by atoms with Gasteiger partial charge in [-0.1, -0.05) is 49.7 Å². The molecule has 2 aliphatic heterocycles. The van der Waals surface area contributed by atoms with Gasteiger partial charge in [-0.3, -0.25) is 4.79 Å². The number of carbonyl (C=O) groups excluding carboxylic acids is 1. The lowest BCUT2D eigenvalue weighted by molar-refractivity contribution is -0.118. The summed E-state index contributed by atoms with van der Waals surface area (Å²) >= 11 is 6.24. The van der Waals surface area contributed by atoms with E-state index in [-0.39, 0.29) is 18.6 Å². The highest BCUT2D eigenvalue weighted by molar-refractivity contribution is 6.30. The lowest BCUT2D eigenvalue weighted by atomic mass is 9.76. The van der Waals surface area contributed by atoms with Crippen molar-refractivity contribution in [2.75, 3.05) is 31.7 Å². The molecular weight excluding hydrogens is 490 g/mol. The van der Waals surface area contributed by atoms with Crippen molar-refractivity contribution in [3.05, 3.63) is 82.9 Å². The molecule has 3 aromatic rings. The van der Waals surface area contributed by atoms with Crippen molar-refractivity contribution in [3.8, 4) is 17.2 Å². The number of nitrogens with one attached hydrogen (secondary N) is 1. The summed E-state index contributed by atoms with van der Waals surface area (Å²) < 4.78 is 23.4. The lowest BCUT2D eigenvalue weighted by Gasteiger charge is -2.39. The number of hydrogen-bond donors (Lipinski definition) is 1. The molecule has 0 spiro atoms. The number of ether oxygens (including phenoxy) is 4. The number of amides is 1. The summed E-state index contributed by atoms with van der Waals surface area (Å²) in [4.78, 5) is 12.5. The average Bonchev–Trinajstić information content (AvgIpc) is 2.91. The summed E-state index contributed by atoms with van der Waals surface area (Å²) in [6.07, 6.45) is 0.983. The quantitative estimate of drug-likeness (QED) is 0.377. The molecule has 2 heterocycles. The third-order valence-electron chi connectivity index (χ3n) is 6.98. The van der Waals surface area contributed by atoms with Gasteiger partial charge in [-0.25, -0.2) is 0 Å². The SMILES string of the molecule is CC(C)[C@@H]1C[C@H](c2cccc(Cl)c2)CO[C@H]1c1cccc(OCC(=O)Nc2ccc3c(c2)OCCO3)c1. The Kier molecular flexibility index (Phi) is 7.87. The summed E-state index contributed by atoms with van der Waals surface area (Å²) in [5.41, 5.74) is 2.92. The van der Waals surface area contributed by atoms with Gasteiger partial charge in [0.25, 0.3) is 5.91 Å². The van der Waals surface area contributed by atoms with Gasteiger partial charge in [-0.05, 0) is 65.8 Å². The molecule has 37 heavy (non-hydrogen) atoms. The molecule has 0 bridgehead atoms. The molecule has 0 aliphatic carbocycles. The van der Waals surface area contributed by atoms with Gasteiger partial charge >= 0.3 is 0 Å². The maximum Gasteiger partial charge on any atom is 0.262 e. The third kappa shape index (κ3) is 6.20. The Labute approximate surface area is 222 Å². The summed E-state index contributed by atoms with van der Waals surface area (Å²) in [5.74, 6) is 2.78. The summed E-state index contributed by atoms with van der Waals surface area (Å²) in [6, 6.07) is 21.3. The Morgan fingerprint density at radius 3 is 2.59 bits per heavy atom. The highest BCUT2D eigenvalue weighted by Crippen LogP contribution is 2.44. The van der Waals surface area contributed by atoms with Crippen molar-refractivity contribution < 1.29 is 23.7 Å². The first-order valence-electron chi connectivity index (χ1n) is 12.8. The maximum absolute atomic E-state index is 12.5. The van der Waals surface area contributed by atoms with Crippen LogP contribution in [0.3, 0.4) is 0 Å². The van der Waals surface area contributed by atoms with E-state index in [4.69, 9.17) is 30.5 Å². The zero-order chi connectivity index (χ0) is 25.8. The van der Waals surface area contributed by atoms with Crippen LogP contribution in [0.1, 0.15) is 43.4 Å². The van der Waals surface area contributed by atoms with Gasteiger partial charge in [0.05, 0.1) is 12.7 Å². The standard InChI is InChI=1S/C30H32ClNO5/c1-19(2)26-15-22(20-5-3-7-23(31)13-20)17-37-30(26)21-6-4-8-25(14-21)36-18-29(33)32-24-9-10-27-28(16-24)35-12-11-34-27/h3-10,13-14,16,19,22,26,30H,11-12,15,17-18H2,1-2H3,(H,32,33)/t22-,26-,30-/m0/s1. The van der Waals surface area contributed by atoms with Gasteiger partial charge in [-0.15, -0.1) is 0 Å². The summed E-state index contributed by atoms with van der Waals surface area (Å²) in [6.45, 7) is 6.03. The van der Waals surface area contributed by atoms with Crippen LogP contribution in [0.4, 0.5) is 5.69 Å². The fraction of sp³-hybridized carbons (Fsp3) is 0.367. The zero-order valence-corrected chi connectivity index (χ0v) is 21.9. The Balaban J connectivity index is 1.21. The van der Waals surface area contributed by atoms with Gasteiger partial charge in [0.1, 0.15) is 19.0 Å². The number of halogens is 1. The monoisotopic (exact) mass is 521 g/mol. The van der Waals surface area contributed by atoms with E-state index >= 15 is 0 Å². The van der Waals surface area contributed by atoms with Crippen molar-refractivity contribution in [1.82, 2.24) is 0 Å². The van der Waals surface area contributed by atoms with Crippen LogP contribution in [0.2, 0.25) is 5.02 Å². The number of benzene rings is 3. The first-order valence-corrected chi connectivity index (χ1v) is 13.1. The van der Waals surface area contributed by atoms with Crippen LogP contribution < -0.4 is 19.5 Å². The van der Waals surface area contributed by atoms with Crippen molar-refractivity contribution in [1.29, 1.82) is 0 Å². The number of hydrogen-bond acceptors (Lipinski definition) is 5. The largest absolute Gasteiger partial charge is 0.486 e. The molecule has 7 heteroatoms. The molecule has 0 radical (unpaired) electrons. The van der Waals surface area contributed by atoms with Crippen LogP contribution in [-0.4, -0.2) is 32.3 Å². The number of rotatable bonds is 7. The average molecular weight is 522 g/mol. The number of fused-ring (bicyclic) bond motifs is 1. The smallest absolute Gasteiger partial charge is 0.262 e. The van der Waals surface area contributed by atoms with Gasteiger partial charge in [0.2, 0.25) is 0 Å². The van der Waals surface area contributed by atoms with Crippen LogP contribution in [0, 0.1) is 11.8 Å². The molecule has 0 unspecified atom stereocenters. The van der Waals surface area contributed by atoms with E-state index in [0.717, 1.165) is 17.0 Å². The van der Waals surface area contributed by atoms with Crippen LogP contribution in [-0.2, 0) is 9.53 Å². The van der Waals surface area contributed by atoms with E-state index in [0.29, 0.717) is 60.5 Å².